The summed E-state index contributed by atoms with van der Waals surface area (Å²) in [5.41, 5.74) is 3.41. The van der Waals surface area contributed by atoms with Crippen molar-refractivity contribution >= 4 is 11.8 Å². The van der Waals surface area contributed by atoms with Crippen LogP contribution in [0.4, 0.5) is 4.39 Å². The third kappa shape index (κ3) is 3.63. The lowest BCUT2D eigenvalue weighted by Gasteiger charge is -2.13. The fourth-order valence-electron chi connectivity index (χ4n) is 2.45. The molecule has 1 heterocycles. The van der Waals surface area contributed by atoms with Crippen LogP contribution in [-0.4, -0.2) is 31.1 Å². The van der Waals surface area contributed by atoms with E-state index in [0.717, 1.165) is 16.8 Å². The lowest BCUT2D eigenvalue weighted by molar-refractivity contribution is 0.203. The smallest absolute Gasteiger partial charge is 0.214 e. The molecule has 24 heavy (non-hydrogen) atoms. The van der Waals surface area contributed by atoms with Gasteiger partial charge in [-0.05, 0) is 65.2 Å². The molecule has 0 aliphatic heterocycles. The van der Waals surface area contributed by atoms with Gasteiger partial charge in [0.15, 0.2) is 0 Å². The summed E-state index contributed by atoms with van der Waals surface area (Å²) in [6.45, 7) is 3.78. The van der Waals surface area contributed by atoms with Crippen LogP contribution >= 0.6 is 11.8 Å². The van der Waals surface area contributed by atoms with Crippen LogP contribution in [0.5, 0.6) is 0 Å². The molecular weight excluding hydrogens is 327 g/mol. The van der Waals surface area contributed by atoms with Crippen molar-refractivity contribution in [1.29, 1.82) is 0 Å². The second-order valence-electron chi connectivity index (χ2n) is 5.54. The van der Waals surface area contributed by atoms with Crippen molar-refractivity contribution in [2.24, 2.45) is 0 Å². The van der Waals surface area contributed by atoms with Gasteiger partial charge in [-0.3, -0.25) is 0 Å². The zero-order chi connectivity index (χ0) is 17.1. The van der Waals surface area contributed by atoms with E-state index < -0.39 is 6.10 Å². The van der Waals surface area contributed by atoms with Crippen molar-refractivity contribution in [3.05, 3.63) is 65.0 Å². The van der Waals surface area contributed by atoms with Gasteiger partial charge in [0.25, 0.3) is 0 Å². The molecule has 5 nitrogen and oxygen atoms in total. The van der Waals surface area contributed by atoms with E-state index in [1.165, 1.54) is 23.9 Å². The van der Waals surface area contributed by atoms with Crippen LogP contribution in [0.2, 0.25) is 0 Å². The van der Waals surface area contributed by atoms with Gasteiger partial charge in [0.05, 0.1) is 11.8 Å². The van der Waals surface area contributed by atoms with E-state index in [-0.39, 0.29) is 5.82 Å². The maximum atomic E-state index is 13.2. The third-order valence-electron chi connectivity index (χ3n) is 3.65. The zero-order valence-corrected chi connectivity index (χ0v) is 14.2. The van der Waals surface area contributed by atoms with Gasteiger partial charge in [-0.15, -0.1) is 5.10 Å². The Hall–Kier alpha value is -2.25. The molecule has 0 aliphatic rings. The minimum atomic E-state index is -0.724. The summed E-state index contributed by atoms with van der Waals surface area (Å²) in [7, 11) is 0. The Morgan fingerprint density at radius 2 is 2.04 bits per heavy atom. The fourth-order valence-corrected chi connectivity index (χ4v) is 3.29. The largest absolute Gasteiger partial charge is 0.388 e. The first-order valence-corrected chi connectivity index (χ1v) is 8.45. The number of aryl methyl sites for hydroxylation is 2. The van der Waals surface area contributed by atoms with Crippen molar-refractivity contribution < 1.29 is 9.50 Å². The Morgan fingerprint density at radius 1 is 1.21 bits per heavy atom. The summed E-state index contributed by atoms with van der Waals surface area (Å²) in [6.07, 6.45) is -0.724. The predicted octanol–water partition coefficient (Wildman–Crippen LogP) is 3.24. The number of aliphatic hydroxyl groups is 1. The Morgan fingerprint density at radius 3 is 2.79 bits per heavy atom. The number of benzene rings is 2. The Balaban J connectivity index is 1.75. The SMILES string of the molecule is Cc1cccc(-n2nnnc2SCC(O)c2ccc(F)cc2C)c1. The summed E-state index contributed by atoms with van der Waals surface area (Å²) in [5.74, 6) is 0.0676. The summed E-state index contributed by atoms with van der Waals surface area (Å²) < 4.78 is 14.8. The molecule has 3 rings (SSSR count). The number of rotatable bonds is 5. The number of nitrogens with zero attached hydrogens (tertiary/aromatic N) is 4. The van der Waals surface area contributed by atoms with Crippen LogP contribution in [0.25, 0.3) is 5.69 Å². The van der Waals surface area contributed by atoms with Crippen LogP contribution in [0.15, 0.2) is 47.6 Å². The van der Waals surface area contributed by atoms with E-state index in [2.05, 4.69) is 15.5 Å². The monoisotopic (exact) mass is 344 g/mol. The van der Waals surface area contributed by atoms with Crippen LogP contribution in [-0.2, 0) is 0 Å². The molecule has 0 bridgehead atoms. The molecule has 3 aromatic rings. The molecule has 0 spiro atoms. The van der Waals surface area contributed by atoms with Crippen molar-refractivity contribution in [3.63, 3.8) is 0 Å². The molecule has 1 N–H and O–H groups in total. The van der Waals surface area contributed by atoms with Gasteiger partial charge in [-0.25, -0.2) is 4.39 Å². The summed E-state index contributed by atoms with van der Waals surface area (Å²) in [6, 6.07) is 12.2. The average molecular weight is 344 g/mol. The summed E-state index contributed by atoms with van der Waals surface area (Å²) >= 11 is 1.35. The number of tetrazole rings is 1. The Labute approximate surface area is 143 Å². The van der Waals surface area contributed by atoms with Gasteiger partial charge in [0.2, 0.25) is 5.16 Å². The van der Waals surface area contributed by atoms with Crippen molar-refractivity contribution in [2.75, 3.05) is 5.75 Å². The fraction of sp³-hybridized carbons (Fsp3) is 0.235. The van der Waals surface area contributed by atoms with Crippen LogP contribution < -0.4 is 0 Å². The number of thioether (sulfide) groups is 1. The lowest BCUT2D eigenvalue weighted by atomic mass is 10.0. The first kappa shape index (κ1) is 16.6. The predicted molar refractivity (Wildman–Crippen MR) is 90.7 cm³/mol. The van der Waals surface area contributed by atoms with E-state index in [9.17, 15) is 9.50 Å². The highest BCUT2D eigenvalue weighted by atomic mass is 32.2. The maximum Gasteiger partial charge on any atom is 0.214 e. The summed E-state index contributed by atoms with van der Waals surface area (Å²) in [4.78, 5) is 0. The van der Waals surface area contributed by atoms with E-state index >= 15 is 0 Å². The number of aliphatic hydroxyl groups excluding tert-OH is 1. The second kappa shape index (κ2) is 7.11. The van der Waals surface area contributed by atoms with Crippen LogP contribution in [0, 0.1) is 19.7 Å². The van der Waals surface area contributed by atoms with E-state index in [1.807, 2.05) is 31.2 Å². The molecule has 0 saturated heterocycles. The van der Waals surface area contributed by atoms with Gasteiger partial charge >= 0.3 is 0 Å². The minimum Gasteiger partial charge on any atom is -0.388 e. The maximum absolute atomic E-state index is 13.2. The topological polar surface area (TPSA) is 63.8 Å². The minimum absolute atomic E-state index is 0.306. The van der Waals surface area contributed by atoms with Gasteiger partial charge in [0, 0.05) is 5.75 Å². The van der Waals surface area contributed by atoms with Crippen molar-refractivity contribution in [3.8, 4) is 5.69 Å². The summed E-state index contributed by atoms with van der Waals surface area (Å²) in [5, 5.41) is 22.7. The molecule has 7 heteroatoms. The highest BCUT2D eigenvalue weighted by molar-refractivity contribution is 7.99. The van der Waals surface area contributed by atoms with Gasteiger partial charge in [0.1, 0.15) is 5.82 Å². The van der Waals surface area contributed by atoms with Crippen molar-refractivity contribution in [1.82, 2.24) is 20.2 Å². The van der Waals surface area contributed by atoms with Gasteiger partial charge in [-0.1, -0.05) is 30.0 Å². The molecule has 0 amide bonds. The highest BCUT2D eigenvalue weighted by Crippen LogP contribution is 2.26. The second-order valence-corrected chi connectivity index (χ2v) is 6.53. The quantitative estimate of drug-likeness (QED) is 0.720. The van der Waals surface area contributed by atoms with Gasteiger partial charge in [-0.2, -0.15) is 4.68 Å². The molecule has 0 fully saturated rings. The van der Waals surface area contributed by atoms with E-state index in [0.29, 0.717) is 16.5 Å². The highest BCUT2D eigenvalue weighted by Gasteiger charge is 2.15. The number of halogens is 1. The van der Waals surface area contributed by atoms with Crippen LogP contribution in [0.1, 0.15) is 22.8 Å². The standard InChI is InChI=1S/C17H17FN4OS/c1-11-4-3-5-14(8-11)22-17(19-20-21-22)24-10-16(23)15-7-6-13(18)9-12(15)2/h3-9,16,23H,10H2,1-2H3. The molecule has 124 valence electrons. The molecule has 1 aromatic heterocycles. The Bertz CT molecular complexity index is 852. The number of aromatic nitrogens is 4. The zero-order valence-electron chi connectivity index (χ0n) is 13.3. The third-order valence-corrected chi connectivity index (χ3v) is 4.64. The molecule has 2 aromatic carbocycles. The molecule has 1 unspecified atom stereocenters. The normalized spacial score (nSPS) is 12.3. The molecule has 0 radical (unpaired) electrons. The number of hydrogen-bond acceptors (Lipinski definition) is 5. The van der Waals surface area contributed by atoms with Gasteiger partial charge < -0.3 is 5.11 Å². The Kier molecular flexibility index (Phi) is 4.92. The number of hydrogen-bond donors (Lipinski definition) is 1. The van der Waals surface area contributed by atoms with Crippen molar-refractivity contribution in [2.45, 2.75) is 25.1 Å². The average Bonchev–Trinajstić information content (AvgIpc) is 3.01. The van der Waals surface area contributed by atoms with E-state index in [1.54, 1.807) is 17.7 Å². The lowest BCUT2D eigenvalue weighted by Crippen LogP contribution is -2.05. The van der Waals surface area contributed by atoms with Crippen LogP contribution in [0.3, 0.4) is 0 Å². The molecular formula is C17H17FN4OS. The molecule has 0 aliphatic carbocycles. The first-order chi connectivity index (χ1) is 11.5. The first-order valence-electron chi connectivity index (χ1n) is 7.47. The molecule has 1 atom stereocenters. The van der Waals surface area contributed by atoms with E-state index in [4.69, 9.17) is 0 Å². The molecule has 0 saturated carbocycles.